The number of carbonyl (C=O) groups excluding carboxylic acids is 3. The zero-order chi connectivity index (χ0) is 48.6. The van der Waals surface area contributed by atoms with Crippen molar-refractivity contribution in [1.29, 1.82) is 0 Å². The number of esters is 3. The molecular weight excluding hydrogens is 829 g/mol. The topological polar surface area (TPSA) is 78.9 Å². The second-order valence-electron chi connectivity index (χ2n) is 15.9. The molecule has 0 spiro atoms. The van der Waals surface area contributed by atoms with Gasteiger partial charge in [0.25, 0.3) is 0 Å². The Hall–Kier alpha value is -5.49. The van der Waals surface area contributed by atoms with Crippen LogP contribution in [0.5, 0.6) is 0 Å². The van der Waals surface area contributed by atoms with Crippen molar-refractivity contribution < 1.29 is 28.6 Å². The fraction of sp³-hybridized carbons (Fsp3) is 0.459. The van der Waals surface area contributed by atoms with Crippen LogP contribution in [0.1, 0.15) is 162 Å². The van der Waals surface area contributed by atoms with Gasteiger partial charge in [-0.15, -0.1) is 0 Å². The fourth-order valence-electron chi connectivity index (χ4n) is 5.98. The van der Waals surface area contributed by atoms with Crippen molar-refractivity contribution in [2.24, 2.45) is 0 Å². The maximum absolute atomic E-state index is 12.8. The highest BCUT2D eigenvalue weighted by molar-refractivity contribution is 5.71. The molecule has 1 atom stereocenters. The Bertz CT molecular complexity index is 1670. The molecule has 0 aromatic heterocycles. The molecule has 6 nitrogen and oxygen atoms in total. The van der Waals surface area contributed by atoms with Crippen molar-refractivity contribution in [2.45, 2.75) is 168 Å². The predicted octanol–water partition coefficient (Wildman–Crippen LogP) is 17.0. The van der Waals surface area contributed by atoms with Crippen LogP contribution in [0.2, 0.25) is 0 Å². The summed E-state index contributed by atoms with van der Waals surface area (Å²) < 4.78 is 16.6. The van der Waals surface area contributed by atoms with Crippen molar-refractivity contribution in [3.05, 3.63) is 182 Å². The molecule has 0 amide bonds. The summed E-state index contributed by atoms with van der Waals surface area (Å²) in [5.41, 5.74) is 0. The number of rotatable bonds is 42. The molecular formula is C61H88O6. The van der Waals surface area contributed by atoms with Crippen LogP contribution in [0.15, 0.2) is 182 Å². The molecule has 0 radical (unpaired) electrons. The summed E-state index contributed by atoms with van der Waals surface area (Å²) >= 11 is 0. The lowest BCUT2D eigenvalue weighted by Crippen LogP contribution is -2.30. The first kappa shape index (κ1) is 61.5. The van der Waals surface area contributed by atoms with Gasteiger partial charge in [0, 0.05) is 19.3 Å². The van der Waals surface area contributed by atoms with Crippen molar-refractivity contribution in [3.8, 4) is 0 Å². The quantitative estimate of drug-likeness (QED) is 0.0200. The minimum Gasteiger partial charge on any atom is -0.462 e. The smallest absolute Gasteiger partial charge is 0.306 e. The number of allylic oxidation sites excluding steroid dienone is 30. The second kappa shape index (κ2) is 53.1. The van der Waals surface area contributed by atoms with Gasteiger partial charge in [-0.3, -0.25) is 14.4 Å². The minimum absolute atomic E-state index is 0.148. The SMILES string of the molecule is CC/C=C/C=C/C=C/C=C/C=C/C=C/C=C/CCCCCC(=O)OCC(COC(=O)CC/C=C/C/C=C/CCCCCCCC)OC(=O)CCCCC/C=C/C=C/C=C/C=C/C=C/C=C/CC. The third-order valence-corrected chi connectivity index (χ3v) is 9.74. The van der Waals surface area contributed by atoms with E-state index in [2.05, 4.69) is 63.3 Å². The van der Waals surface area contributed by atoms with E-state index in [9.17, 15) is 14.4 Å². The van der Waals surface area contributed by atoms with Crippen LogP contribution >= 0.6 is 0 Å². The van der Waals surface area contributed by atoms with Gasteiger partial charge in [-0.2, -0.15) is 0 Å². The third-order valence-electron chi connectivity index (χ3n) is 9.74. The van der Waals surface area contributed by atoms with E-state index in [1.165, 1.54) is 38.5 Å². The Kier molecular flexibility index (Phi) is 48.8. The molecule has 0 bridgehead atoms. The first-order valence-corrected chi connectivity index (χ1v) is 25.5. The van der Waals surface area contributed by atoms with E-state index in [4.69, 9.17) is 14.2 Å². The van der Waals surface area contributed by atoms with Crippen LogP contribution in [-0.4, -0.2) is 37.2 Å². The average molecular weight is 917 g/mol. The number of ether oxygens (including phenoxy) is 3. The molecule has 0 aliphatic carbocycles. The van der Waals surface area contributed by atoms with E-state index >= 15 is 0 Å². The average Bonchev–Trinajstić information content (AvgIpc) is 3.33. The summed E-state index contributed by atoms with van der Waals surface area (Å²) in [6.45, 7) is 6.17. The molecule has 0 N–H and O–H groups in total. The van der Waals surface area contributed by atoms with Crippen LogP contribution in [0, 0.1) is 0 Å². The van der Waals surface area contributed by atoms with E-state index in [0.717, 1.165) is 64.2 Å². The van der Waals surface area contributed by atoms with Crippen LogP contribution < -0.4 is 0 Å². The number of carbonyl (C=O) groups is 3. The maximum atomic E-state index is 12.8. The van der Waals surface area contributed by atoms with Gasteiger partial charge in [-0.25, -0.2) is 0 Å². The normalized spacial score (nSPS) is 13.7. The molecule has 368 valence electrons. The maximum Gasteiger partial charge on any atom is 0.306 e. The van der Waals surface area contributed by atoms with Gasteiger partial charge in [0.1, 0.15) is 13.2 Å². The molecule has 67 heavy (non-hydrogen) atoms. The van der Waals surface area contributed by atoms with Crippen molar-refractivity contribution >= 4 is 17.9 Å². The summed E-state index contributed by atoms with van der Waals surface area (Å²) in [5.74, 6) is -1.12. The Morgan fingerprint density at radius 3 is 1.12 bits per heavy atom. The van der Waals surface area contributed by atoms with Gasteiger partial charge >= 0.3 is 17.9 Å². The largest absolute Gasteiger partial charge is 0.462 e. The Morgan fingerprint density at radius 2 is 0.672 bits per heavy atom. The fourth-order valence-corrected chi connectivity index (χ4v) is 5.98. The van der Waals surface area contributed by atoms with Crippen molar-refractivity contribution in [3.63, 3.8) is 0 Å². The monoisotopic (exact) mass is 917 g/mol. The first-order chi connectivity index (χ1) is 33.0. The third kappa shape index (κ3) is 51.4. The molecule has 1 unspecified atom stereocenters. The summed E-state index contributed by atoms with van der Waals surface area (Å²) in [6, 6.07) is 0. The van der Waals surface area contributed by atoms with E-state index in [1.807, 2.05) is 140 Å². The zero-order valence-electron chi connectivity index (χ0n) is 41.8. The summed E-state index contributed by atoms with van der Waals surface area (Å²) in [7, 11) is 0. The molecule has 0 rings (SSSR count). The van der Waals surface area contributed by atoms with Crippen LogP contribution in [-0.2, 0) is 28.6 Å². The molecule has 6 heteroatoms. The lowest BCUT2D eigenvalue weighted by atomic mass is 10.1. The van der Waals surface area contributed by atoms with Gasteiger partial charge in [-0.05, 0) is 77.0 Å². The van der Waals surface area contributed by atoms with E-state index in [0.29, 0.717) is 19.3 Å². The van der Waals surface area contributed by atoms with Crippen LogP contribution in [0.3, 0.4) is 0 Å². The van der Waals surface area contributed by atoms with Crippen LogP contribution in [0.25, 0.3) is 0 Å². The molecule has 0 fully saturated rings. The molecule has 0 aliphatic rings. The van der Waals surface area contributed by atoms with Gasteiger partial charge < -0.3 is 14.2 Å². The molecule has 0 heterocycles. The first-order valence-electron chi connectivity index (χ1n) is 25.5. The molecule has 0 aliphatic heterocycles. The zero-order valence-corrected chi connectivity index (χ0v) is 41.8. The van der Waals surface area contributed by atoms with Gasteiger partial charge in [0.2, 0.25) is 0 Å². The summed E-state index contributed by atoms with van der Waals surface area (Å²) in [5, 5.41) is 0. The molecule has 0 saturated carbocycles. The predicted molar refractivity (Wildman–Crippen MR) is 287 cm³/mol. The van der Waals surface area contributed by atoms with Crippen molar-refractivity contribution in [1.82, 2.24) is 0 Å². The molecule has 0 saturated heterocycles. The lowest BCUT2D eigenvalue weighted by molar-refractivity contribution is -0.166. The second-order valence-corrected chi connectivity index (χ2v) is 15.9. The van der Waals surface area contributed by atoms with Crippen molar-refractivity contribution in [2.75, 3.05) is 13.2 Å². The van der Waals surface area contributed by atoms with E-state index < -0.39 is 6.10 Å². The lowest BCUT2D eigenvalue weighted by Gasteiger charge is -2.18. The number of hydrogen-bond acceptors (Lipinski definition) is 6. The highest BCUT2D eigenvalue weighted by Gasteiger charge is 2.19. The highest BCUT2D eigenvalue weighted by atomic mass is 16.6. The van der Waals surface area contributed by atoms with Crippen LogP contribution in [0.4, 0.5) is 0 Å². The van der Waals surface area contributed by atoms with E-state index in [1.54, 1.807) is 0 Å². The molecule has 0 aromatic rings. The van der Waals surface area contributed by atoms with E-state index in [-0.39, 0.29) is 50.4 Å². The van der Waals surface area contributed by atoms with Gasteiger partial charge in [-0.1, -0.05) is 248 Å². The highest BCUT2D eigenvalue weighted by Crippen LogP contribution is 2.11. The molecule has 0 aromatic carbocycles. The summed E-state index contributed by atoms with van der Waals surface area (Å²) in [4.78, 5) is 38.0. The minimum atomic E-state index is -0.854. The standard InChI is InChI=1S/C61H88O6/c1-4-7-10-13-16-19-22-25-27-29-30-32-33-36-39-42-45-48-51-54-60(63)66-57-58(56-65-59(62)53-50-47-44-41-38-35-24-21-18-15-12-9-6-3)67-61(64)55-52-49-46-43-40-37-34-31-28-26-23-20-17-14-11-8-5-2/h7-8,10-11,13-14,16-17,19-20,22-23,25-40,44,47,58H,4-6,9,12,15,18,21,24,41-43,45-46,48-57H2,1-3H3/b10-7+,11-8+,16-13+,17-14+,22-19+,23-20+,27-25+,28-26+,30-29+,33-32+,34-31+,38-35+,39-36+,40-37+,47-44+. The Labute approximate surface area is 408 Å². The van der Waals surface area contributed by atoms with Gasteiger partial charge in [0.05, 0.1) is 0 Å². The Morgan fingerprint density at radius 1 is 0.328 bits per heavy atom. The number of hydrogen-bond donors (Lipinski definition) is 0. The number of unbranched alkanes of at least 4 members (excludes halogenated alkanes) is 12. The van der Waals surface area contributed by atoms with Gasteiger partial charge in [0.15, 0.2) is 6.10 Å². The Balaban J connectivity index is 4.70. The summed E-state index contributed by atoms with van der Waals surface area (Å²) in [6.07, 6.45) is 80.2.